The van der Waals surface area contributed by atoms with Gasteiger partial charge in [-0.15, -0.1) is 0 Å². The minimum Gasteiger partial charge on any atom is -0.322 e. The highest BCUT2D eigenvalue weighted by Gasteiger charge is 2.20. The minimum atomic E-state index is -0.215. The second kappa shape index (κ2) is 34.2. The SMILES string of the molecule is Cc1cc(NC(=O)c2cncc(C#Cc3cnc4c(C)nccn34)c2)ccc1CN1CCN(C)CC1.Cc1cc(NC(=O)c2cncc(C#Cc3cnc4cnccn34)c2)ccc1CN1CCN(C)CC1.Cc1cn2c(C#Cc3cncc(C(=O)Nc4ccc(CN5CCN(C)CC5)c(C)c4)c3)cnc2cn1. The van der Waals surface area contributed by atoms with E-state index in [4.69, 9.17) is 0 Å². The molecule has 3 N–H and O–H groups in total. The first kappa shape index (κ1) is 73.1. The number of piperazine rings is 3. The molecule has 3 amide bonds. The van der Waals surface area contributed by atoms with E-state index >= 15 is 0 Å². The Kier molecular flexibility index (Phi) is 23.4. The van der Waals surface area contributed by atoms with Gasteiger partial charge in [0.1, 0.15) is 17.1 Å². The van der Waals surface area contributed by atoms with Crippen LogP contribution in [0.1, 0.15) is 110 Å². The summed E-state index contributed by atoms with van der Waals surface area (Å²) in [6.45, 7) is 26.0. The molecule has 24 heteroatoms. The number of nitrogens with zero attached hydrogens (tertiary/aromatic N) is 18. The number of rotatable bonds is 12. The Morgan fingerprint density at radius 2 is 0.757 bits per heavy atom. The van der Waals surface area contributed by atoms with Crippen molar-refractivity contribution in [2.75, 3.05) is 116 Å². The molecule has 0 unspecified atom stereocenters. The molecule has 0 aliphatic carbocycles. The lowest BCUT2D eigenvalue weighted by atomic mass is 10.1. The van der Waals surface area contributed by atoms with E-state index in [1.165, 1.54) is 33.4 Å². The van der Waals surface area contributed by atoms with Crippen LogP contribution >= 0.6 is 0 Å². The average molecular weight is 1420 g/mol. The number of aryl methyl sites for hydroxylation is 5. The molecule has 3 aliphatic heterocycles. The number of benzene rings is 3. The number of hydrogen-bond acceptors (Lipinski definition) is 18. The van der Waals surface area contributed by atoms with Gasteiger partial charge >= 0.3 is 0 Å². The molecule has 15 rings (SSSR count). The quantitative estimate of drug-likeness (QED) is 0.0967. The van der Waals surface area contributed by atoms with Gasteiger partial charge in [-0.1, -0.05) is 36.0 Å². The van der Waals surface area contributed by atoms with E-state index in [1.54, 1.807) is 98.8 Å². The highest BCUT2D eigenvalue weighted by Crippen LogP contribution is 2.23. The number of pyridine rings is 3. The van der Waals surface area contributed by atoms with E-state index in [9.17, 15) is 14.4 Å². The third-order valence-corrected chi connectivity index (χ3v) is 19.2. The highest BCUT2D eigenvalue weighted by atomic mass is 16.2. The van der Waals surface area contributed by atoms with Crippen LogP contribution in [0, 0.1) is 70.1 Å². The molecule has 0 spiro atoms. The Labute approximate surface area is 623 Å². The zero-order chi connectivity index (χ0) is 74.3. The molecule has 12 heterocycles. The Balaban J connectivity index is 0.000000142. The van der Waals surface area contributed by atoms with E-state index in [1.807, 2.05) is 82.0 Å². The van der Waals surface area contributed by atoms with E-state index in [0.29, 0.717) is 33.4 Å². The molecule has 0 saturated carbocycles. The number of imidazole rings is 3. The largest absolute Gasteiger partial charge is 0.322 e. The summed E-state index contributed by atoms with van der Waals surface area (Å²) in [5, 5.41) is 8.98. The second-order valence-electron chi connectivity index (χ2n) is 27.4. The number of carbonyl (C=O) groups excluding carboxylic acids is 3. The van der Waals surface area contributed by atoms with Crippen molar-refractivity contribution in [2.24, 2.45) is 0 Å². The summed E-state index contributed by atoms with van der Waals surface area (Å²) >= 11 is 0. The number of anilines is 3. The normalized spacial score (nSPS) is 14.4. The molecule has 0 radical (unpaired) electrons. The first-order valence-corrected chi connectivity index (χ1v) is 35.7. The van der Waals surface area contributed by atoms with Crippen molar-refractivity contribution in [1.82, 2.24) is 87.5 Å². The van der Waals surface area contributed by atoms with Gasteiger partial charge in [-0.25, -0.2) is 15.0 Å². The Morgan fingerprint density at radius 3 is 1.18 bits per heavy atom. The van der Waals surface area contributed by atoms with Gasteiger partial charge < -0.3 is 30.7 Å². The zero-order valence-electron chi connectivity index (χ0n) is 61.5. The van der Waals surface area contributed by atoms with Crippen LogP contribution < -0.4 is 16.0 Å². The Hall–Kier alpha value is -12.2. The average Bonchev–Trinajstić information content (AvgIpc) is 1.70. The lowest BCUT2D eigenvalue weighted by molar-refractivity contribution is 0.101. The maximum absolute atomic E-state index is 12.9. The molecule has 3 aliphatic rings. The monoisotopic (exact) mass is 1420 g/mol. The van der Waals surface area contributed by atoms with Crippen LogP contribution in [0.25, 0.3) is 16.9 Å². The minimum absolute atomic E-state index is 0.214. The lowest BCUT2D eigenvalue weighted by Gasteiger charge is -2.32. The number of amides is 3. The van der Waals surface area contributed by atoms with E-state index in [0.717, 1.165) is 161 Å². The van der Waals surface area contributed by atoms with Crippen molar-refractivity contribution in [2.45, 2.75) is 54.3 Å². The third kappa shape index (κ3) is 19.2. The molecule has 12 aromatic rings. The third-order valence-electron chi connectivity index (χ3n) is 19.2. The maximum atomic E-state index is 12.9. The molecule has 3 aromatic carbocycles. The van der Waals surface area contributed by atoms with Crippen LogP contribution in [0.15, 0.2) is 172 Å². The summed E-state index contributed by atoms with van der Waals surface area (Å²) in [6, 6.07) is 23.6. The maximum Gasteiger partial charge on any atom is 0.257 e. The molecule has 540 valence electrons. The second-order valence-corrected chi connectivity index (χ2v) is 27.4. The smallest absolute Gasteiger partial charge is 0.257 e. The van der Waals surface area contributed by atoms with Crippen molar-refractivity contribution in [3.8, 4) is 35.5 Å². The topological polar surface area (TPSA) is 236 Å². The molecule has 9 aromatic heterocycles. The van der Waals surface area contributed by atoms with E-state index < -0.39 is 0 Å². The molecule has 107 heavy (non-hydrogen) atoms. The van der Waals surface area contributed by atoms with Crippen molar-refractivity contribution >= 4 is 51.7 Å². The first-order chi connectivity index (χ1) is 51.9. The summed E-state index contributed by atoms with van der Waals surface area (Å²) in [7, 11) is 6.49. The molecule has 0 atom stereocenters. The first-order valence-electron chi connectivity index (χ1n) is 35.7. The summed E-state index contributed by atoms with van der Waals surface area (Å²) in [5.74, 6) is 18.0. The van der Waals surface area contributed by atoms with E-state index in [-0.39, 0.29) is 17.7 Å². The molecule has 24 nitrogen and oxygen atoms in total. The van der Waals surface area contributed by atoms with Crippen LogP contribution in [0.2, 0.25) is 0 Å². The summed E-state index contributed by atoms with van der Waals surface area (Å²) in [4.78, 5) is 91.4. The van der Waals surface area contributed by atoms with Crippen molar-refractivity contribution in [3.63, 3.8) is 0 Å². The standard InChI is InChI=1S/2C28H29N7O.C27H27N7O/c1-20-12-25(6-5-23(20)19-34-10-8-33(3)9-11-34)32-28(36)24-13-22(14-29-15-24)4-7-26-16-31-27-17-30-21(2)18-35(26)27;1-20-14-25(6-5-23(20)19-34-12-10-33(3)11-13-34)32-28(36)24-15-22(16-29-17-24)4-7-26-18-31-27-21(2)30-8-9-35(26)27;1-20-13-24(5-4-22(20)19-33-11-9-32(2)10-12-33)31-27(35)23-14-21(15-29-16-23)3-6-25-17-30-26-18-28-7-8-34(25)26/h5-6,12-18H,8-11,19H2,1-3H3,(H,32,36);5-6,8-9,14-18H,10-13,19H2,1-3H3,(H,32,36);4-5,7-8,13-18H,9-12,19H2,1-2H3,(H,31,35). The van der Waals surface area contributed by atoms with Gasteiger partial charge in [0.05, 0.1) is 59.1 Å². The number of fused-ring (bicyclic) bond motifs is 3. The Morgan fingerprint density at radius 1 is 0.374 bits per heavy atom. The molecule has 3 saturated heterocycles. The number of carbonyl (C=O) groups is 3. The fourth-order valence-corrected chi connectivity index (χ4v) is 12.7. The molecule has 0 bridgehead atoms. The fourth-order valence-electron chi connectivity index (χ4n) is 12.7. The number of likely N-dealkylation sites (N-methyl/N-ethyl adjacent to an activating group) is 3. The zero-order valence-corrected chi connectivity index (χ0v) is 61.5. The van der Waals surface area contributed by atoms with Gasteiger partial charge in [0.25, 0.3) is 17.7 Å². The molecular formula is C83H85N21O3. The van der Waals surface area contributed by atoms with Gasteiger partial charge in [0.15, 0.2) is 16.9 Å². The van der Waals surface area contributed by atoms with Gasteiger partial charge in [-0.2, -0.15) is 0 Å². The summed E-state index contributed by atoms with van der Waals surface area (Å²) in [6.07, 6.45) is 27.1. The number of aromatic nitrogens is 12. The number of nitrogens with one attached hydrogen (secondary N) is 3. The lowest BCUT2D eigenvalue weighted by Crippen LogP contribution is -2.43. The van der Waals surface area contributed by atoms with Crippen molar-refractivity contribution in [3.05, 3.63) is 267 Å². The van der Waals surface area contributed by atoms with Gasteiger partial charge in [-0.3, -0.25) is 72.2 Å². The van der Waals surface area contributed by atoms with Crippen molar-refractivity contribution < 1.29 is 14.4 Å². The molecule has 3 fully saturated rings. The predicted octanol–water partition coefficient (Wildman–Crippen LogP) is 9.11. The fraction of sp³-hybridized carbons (Fsp3) is 0.277. The Bertz CT molecular complexity index is 5280. The van der Waals surface area contributed by atoms with Crippen LogP contribution in [0.4, 0.5) is 17.1 Å². The van der Waals surface area contributed by atoms with Gasteiger partial charge in [0, 0.05) is 200 Å². The van der Waals surface area contributed by atoms with Gasteiger partial charge in [0.2, 0.25) is 0 Å². The van der Waals surface area contributed by atoms with Crippen LogP contribution in [0.5, 0.6) is 0 Å². The van der Waals surface area contributed by atoms with Crippen LogP contribution in [-0.4, -0.2) is 205 Å². The highest BCUT2D eigenvalue weighted by molar-refractivity contribution is 6.05. The summed E-state index contributed by atoms with van der Waals surface area (Å²) in [5.41, 5.74) is 19.2. The molecular weight excluding hydrogens is 1340 g/mol. The van der Waals surface area contributed by atoms with Crippen molar-refractivity contribution in [1.29, 1.82) is 0 Å². The van der Waals surface area contributed by atoms with Crippen LogP contribution in [0.3, 0.4) is 0 Å². The predicted molar refractivity (Wildman–Crippen MR) is 415 cm³/mol. The number of hydrogen-bond donors (Lipinski definition) is 3. The summed E-state index contributed by atoms with van der Waals surface area (Å²) < 4.78 is 5.66. The van der Waals surface area contributed by atoms with Gasteiger partial charge in [-0.05, 0) is 162 Å². The van der Waals surface area contributed by atoms with E-state index in [2.05, 4.69) is 186 Å². The van der Waals surface area contributed by atoms with Crippen LogP contribution in [-0.2, 0) is 19.6 Å².